The minimum absolute atomic E-state index is 0.974. The maximum absolute atomic E-state index is 4.33. The van der Waals surface area contributed by atoms with Crippen LogP contribution < -0.4 is 0 Å². The van der Waals surface area contributed by atoms with Crippen LogP contribution in [0, 0.1) is 0 Å². The predicted molar refractivity (Wildman–Crippen MR) is 64.0 cm³/mol. The molecule has 2 aromatic rings. The van der Waals surface area contributed by atoms with Crippen LogP contribution >= 0.6 is 0 Å². The number of rotatable bonds is 0. The molecule has 0 spiro atoms. The molecule has 0 radical (unpaired) electrons. The molecule has 0 saturated heterocycles. The maximum atomic E-state index is 4.33. The van der Waals surface area contributed by atoms with Crippen LogP contribution in [0.15, 0.2) is 46.4 Å². The Morgan fingerprint density at radius 3 is 2.93 bits per heavy atom. The Labute approximate surface area is 87.3 Å². The van der Waals surface area contributed by atoms with E-state index in [-0.39, 0.29) is 0 Å². The second kappa shape index (κ2) is 3.19. The van der Waals surface area contributed by atoms with Crippen molar-refractivity contribution < 1.29 is 0 Å². The highest BCUT2D eigenvalue weighted by Crippen LogP contribution is 2.30. The molecule has 2 heteroatoms. The maximum Gasteiger partial charge on any atom is 0.126 e. The van der Waals surface area contributed by atoms with Crippen molar-refractivity contribution in [1.82, 2.24) is 0 Å². The quantitative estimate of drug-likeness (QED) is 0.612. The van der Waals surface area contributed by atoms with Gasteiger partial charge in [0.15, 0.2) is 0 Å². The zero-order chi connectivity index (χ0) is 10.1. The smallest absolute Gasteiger partial charge is 0.126 e. The first-order chi connectivity index (χ1) is 7.45. The van der Waals surface area contributed by atoms with E-state index >= 15 is 0 Å². The van der Waals surface area contributed by atoms with Gasteiger partial charge in [-0.1, -0.05) is 36.4 Å². The van der Waals surface area contributed by atoms with Gasteiger partial charge in [-0.05, 0) is 11.3 Å². The summed E-state index contributed by atoms with van der Waals surface area (Å²) in [6.07, 6.45) is 3.39. The van der Waals surface area contributed by atoms with E-state index in [1.54, 1.807) is 0 Å². The molecule has 0 unspecified atom stereocenters. The molecular weight excluding hydrogens is 184 g/mol. The first-order valence-corrected chi connectivity index (χ1v) is 4.78. The first kappa shape index (κ1) is 8.16. The van der Waals surface area contributed by atoms with E-state index < -0.39 is 0 Å². The lowest BCUT2D eigenvalue weighted by Gasteiger charge is -2.04. The Morgan fingerprint density at radius 1 is 1.00 bits per heavy atom. The molecule has 2 aromatic carbocycles. The molecule has 0 atom stereocenters. The van der Waals surface area contributed by atoms with Gasteiger partial charge in [0.2, 0.25) is 0 Å². The number of benzene rings is 2. The van der Waals surface area contributed by atoms with Gasteiger partial charge in [0, 0.05) is 17.0 Å². The normalized spacial score (nSPS) is 12.8. The summed E-state index contributed by atoms with van der Waals surface area (Å²) in [6.45, 7) is 0. The molecule has 0 aromatic heterocycles. The fourth-order valence-electron chi connectivity index (χ4n) is 1.76. The number of hydrogen-bond donors (Lipinski definition) is 0. The van der Waals surface area contributed by atoms with Gasteiger partial charge in [0.25, 0.3) is 0 Å². The van der Waals surface area contributed by atoms with Crippen LogP contribution in [0.5, 0.6) is 0 Å². The highest BCUT2D eigenvalue weighted by Gasteiger charge is 2.04. The summed E-state index contributed by atoms with van der Waals surface area (Å²) in [5, 5.41) is 2.35. The van der Waals surface area contributed by atoms with Crippen LogP contribution in [0.25, 0.3) is 16.8 Å². The lowest BCUT2D eigenvalue weighted by atomic mass is 10.0. The predicted octanol–water partition coefficient (Wildman–Crippen LogP) is 3.20. The van der Waals surface area contributed by atoms with Crippen molar-refractivity contribution in [2.45, 2.75) is 0 Å². The van der Waals surface area contributed by atoms with Crippen molar-refractivity contribution in [2.24, 2.45) is 9.98 Å². The summed E-state index contributed by atoms with van der Waals surface area (Å²) in [6, 6.07) is 12.3. The fraction of sp³-hybridized carbons (Fsp3) is 0. The highest BCUT2D eigenvalue weighted by molar-refractivity contribution is 6.01. The van der Waals surface area contributed by atoms with E-state index in [9.17, 15) is 0 Å². The standard InChI is InChI=1S/C13H8N2/c1-2-4-12-10(3-1)5-6-11-7-8-14-9-15-13(11)12/h1-7,9H. The van der Waals surface area contributed by atoms with E-state index in [4.69, 9.17) is 0 Å². The third-order valence-electron chi connectivity index (χ3n) is 2.47. The van der Waals surface area contributed by atoms with Crippen molar-refractivity contribution >= 4 is 34.7 Å². The van der Waals surface area contributed by atoms with Crippen LogP contribution in [-0.2, 0) is 0 Å². The Kier molecular flexibility index (Phi) is 1.74. The molecule has 0 aliphatic carbocycles. The Balaban J connectivity index is 2.45. The molecule has 0 fully saturated rings. The summed E-state index contributed by atoms with van der Waals surface area (Å²) >= 11 is 0. The van der Waals surface area contributed by atoms with Crippen molar-refractivity contribution in [3.05, 3.63) is 42.0 Å². The Hall–Kier alpha value is -2.18. The second-order valence-corrected chi connectivity index (χ2v) is 3.37. The summed E-state index contributed by atoms with van der Waals surface area (Å²) in [4.78, 5) is 8.22. The zero-order valence-corrected chi connectivity index (χ0v) is 8.01. The minimum Gasteiger partial charge on any atom is -0.235 e. The third-order valence-corrected chi connectivity index (χ3v) is 2.47. The van der Waals surface area contributed by atoms with Crippen molar-refractivity contribution in [3.8, 4) is 0 Å². The Bertz CT molecular complexity index is 617. The first-order valence-electron chi connectivity index (χ1n) is 4.78. The Morgan fingerprint density at radius 2 is 1.93 bits per heavy atom. The largest absolute Gasteiger partial charge is 0.235 e. The van der Waals surface area contributed by atoms with Crippen LogP contribution in [0.2, 0.25) is 0 Å². The van der Waals surface area contributed by atoms with Gasteiger partial charge in [-0.3, -0.25) is 0 Å². The number of hydrogen-bond acceptors (Lipinski definition) is 2. The van der Waals surface area contributed by atoms with Gasteiger partial charge < -0.3 is 0 Å². The van der Waals surface area contributed by atoms with Crippen LogP contribution in [0.3, 0.4) is 0 Å². The second-order valence-electron chi connectivity index (χ2n) is 3.37. The SMILES string of the molecule is C1=Cc2ccc3ccccc3c2N=CN=1. The molecule has 15 heavy (non-hydrogen) atoms. The lowest BCUT2D eigenvalue weighted by molar-refractivity contribution is 1.54. The van der Waals surface area contributed by atoms with Gasteiger partial charge >= 0.3 is 0 Å². The highest BCUT2D eigenvalue weighted by atomic mass is 14.9. The topological polar surface area (TPSA) is 24.7 Å². The van der Waals surface area contributed by atoms with E-state index in [1.807, 2.05) is 24.3 Å². The number of aliphatic imine (C=N–C) groups is 2. The van der Waals surface area contributed by atoms with E-state index in [1.165, 1.54) is 11.7 Å². The molecule has 3 rings (SSSR count). The van der Waals surface area contributed by atoms with Crippen LogP contribution in [-0.4, -0.2) is 12.2 Å². The average Bonchev–Trinajstić information content (AvgIpc) is 2.54. The summed E-state index contributed by atoms with van der Waals surface area (Å²) in [5.74, 6) is 2.82. The van der Waals surface area contributed by atoms with E-state index in [0.29, 0.717) is 0 Å². The molecule has 0 amide bonds. The molecule has 1 heterocycles. The molecule has 1 aliphatic rings. The van der Waals surface area contributed by atoms with Crippen LogP contribution in [0.4, 0.5) is 5.69 Å². The molecule has 1 aliphatic heterocycles. The van der Waals surface area contributed by atoms with Gasteiger partial charge in [0.05, 0.1) is 5.69 Å². The number of fused-ring (bicyclic) bond motifs is 3. The number of nitrogens with zero attached hydrogens (tertiary/aromatic N) is 2. The molecule has 0 saturated carbocycles. The summed E-state index contributed by atoms with van der Waals surface area (Å²) in [7, 11) is 0. The third kappa shape index (κ3) is 1.28. The van der Waals surface area contributed by atoms with Gasteiger partial charge in [-0.2, -0.15) is 4.99 Å². The van der Waals surface area contributed by atoms with Gasteiger partial charge in [0.1, 0.15) is 6.34 Å². The summed E-state index contributed by atoms with van der Waals surface area (Å²) in [5.41, 5.74) is 2.04. The lowest BCUT2D eigenvalue weighted by Crippen LogP contribution is -1.78. The van der Waals surface area contributed by atoms with Gasteiger partial charge in [-0.15, -0.1) is 0 Å². The average molecular weight is 192 g/mol. The van der Waals surface area contributed by atoms with E-state index in [0.717, 1.165) is 16.6 Å². The summed E-state index contributed by atoms with van der Waals surface area (Å²) < 4.78 is 0. The molecule has 0 N–H and O–H groups in total. The molecule has 2 nitrogen and oxygen atoms in total. The fourth-order valence-corrected chi connectivity index (χ4v) is 1.76. The van der Waals surface area contributed by atoms with Gasteiger partial charge in [-0.25, -0.2) is 4.99 Å². The molecule has 0 bridgehead atoms. The van der Waals surface area contributed by atoms with Crippen molar-refractivity contribution in [3.63, 3.8) is 0 Å². The van der Waals surface area contributed by atoms with E-state index in [2.05, 4.69) is 34.1 Å². The van der Waals surface area contributed by atoms with Crippen molar-refractivity contribution in [2.75, 3.05) is 0 Å². The molecular formula is C13H8N2. The minimum atomic E-state index is 0.974. The van der Waals surface area contributed by atoms with Crippen molar-refractivity contribution in [1.29, 1.82) is 0 Å². The molecule has 70 valence electrons. The monoisotopic (exact) mass is 192 g/mol. The van der Waals surface area contributed by atoms with Crippen LogP contribution in [0.1, 0.15) is 5.56 Å². The zero-order valence-electron chi connectivity index (χ0n) is 8.01.